The zero-order valence-corrected chi connectivity index (χ0v) is 13.4. The number of rotatable bonds is 6. The molecule has 1 aromatic heterocycles. The first kappa shape index (κ1) is 16.0. The average molecular weight is 289 g/mol. The van der Waals surface area contributed by atoms with Gasteiger partial charge in [0.1, 0.15) is 0 Å². The van der Waals surface area contributed by atoms with Crippen LogP contribution in [-0.2, 0) is 6.54 Å². The van der Waals surface area contributed by atoms with Crippen LogP contribution in [0.3, 0.4) is 0 Å². The number of likely N-dealkylation sites (tertiary alicyclic amines) is 1. The van der Waals surface area contributed by atoms with Gasteiger partial charge in [-0.15, -0.1) is 0 Å². The topological polar surface area (TPSA) is 37.4 Å². The molecule has 1 N–H and O–H groups in total. The Bertz CT molecular complexity index is 461. The van der Waals surface area contributed by atoms with Crippen LogP contribution in [0.2, 0.25) is 0 Å². The third-order valence-electron chi connectivity index (χ3n) is 3.95. The van der Waals surface area contributed by atoms with E-state index in [4.69, 9.17) is 4.74 Å². The molecular formula is C17H27N3O. The van der Waals surface area contributed by atoms with Crippen LogP contribution in [-0.4, -0.2) is 42.7 Å². The molecule has 0 aromatic carbocycles. The van der Waals surface area contributed by atoms with E-state index in [-0.39, 0.29) is 0 Å². The van der Waals surface area contributed by atoms with Gasteiger partial charge in [0, 0.05) is 31.4 Å². The Balaban J connectivity index is 1.72. The van der Waals surface area contributed by atoms with E-state index in [9.17, 15) is 0 Å². The predicted octanol–water partition coefficient (Wildman–Crippen LogP) is 2.61. The van der Waals surface area contributed by atoms with Gasteiger partial charge in [0.25, 0.3) is 0 Å². The Kier molecular flexibility index (Phi) is 6.21. The Hall–Kier alpha value is -1.39. The molecule has 1 fully saturated rings. The van der Waals surface area contributed by atoms with Crippen molar-refractivity contribution < 1.29 is 4.74 Å². The monoisotopic (exact) mass is 289 g/mol. The molecule has 2 heterocycles. The molecule has 0 atom stereocenters. The van der Waals surface area contributed by atoms with Crippen molar-refractivity contribution in [3.63, 3.8) is 0 Å². The lowest BCUT2D eigenvalue weighted by molar-refractivity contribution is 0.214. The number of nitrogens with zero attached hydrogens (tertiary/aromatic N) is 2. The second-order valence-corrected chi connectivity index (χ2v) is 5.94. The van der Waals surface area contributed by atoms with Gasteiger partial charge < -0.3 is 10.1 Å². The Labute approximate surface area is 128 Å². The number of nitrogens with one attached hydrogen (secondary N) is 1. The molecule has 0 saturated carbocycles. The molecule has 0 aliphatic carbocycles. The van der Waals surface area contributed by atoms with Gasteiger partial charge in [-0.05, 0) is 51.4 Å². The number of hydrogen-bond acceptors (Lipinski definition) is 4. The van der Waals surface area contributed by atoms with Crippen molar-refractivity contribution in [3.05, 3.63) is 35.5 Å². The normalized spacial score (nSPS) is 16.7. The van der Waals surface area contributed by atoms with Crippen LogP contribution in [0.5, 0.6) is 5.88 Å². The van der Waals surface area contributed by atoms with Crippen LogP contribution >= 0.6 is 0 Å². The highest BCUT2D eigenvalue weighted by Crippen LogP contribution is 2.13. The molecule has 0 bridgehead atoms. The zero-order chi connectivity index (χ0) is 15.1. The van der Waals surface area contributed by atoms with Crippen molar-refractivity contribution in [1.82, 2.24) is 15.2 Å². The smallest absolute Gasteiger partial charge is 0.213 e. The summed E-state index contributed by atoms with van der Waals surface area (Å²) in [5.41, 5.74) is 2.63. The van der Waals surface area contributed by atoms with Crippen molar-refractivity contribution in [2.45, 2.75) is 39.3 Å². The highest BCUT2D eigenvalue weighted by molar-refractivity contribution is 5.20. The maximum absolute atomic E-state index is 5.16. The van der Waals surface area contributed by atoms with Crippen LogP contribution < -0.4 is 10.1 Å². The van der Waals surface area contributed by atoms with E-state index in [2.05, 4.69) is 35.1 Å². The Morgan fingerprint density at radius 2 is 2.19 bits per heavy atom. The van der Waals surface area contributed by atoms with Crippen LogP contribution in [0.15, 0.2) is 30.0 Å². The molecule has 1 aliphatic rings. The predicted molar refractivity (Wildman–Crippen MR) is 86.5 cm³/mol. The number of pyridine rings is 1. The summed E-state index contributed by atoms with van der Waals surface area (Å²) < 4.78 is 5.16. The van der Waals surface area contributed by atoms with Gasteiger partial charge in [-0.3, -0.25) is 4.90 Å². The second-order valence-electron chi connectivity index (χ2n) is 5.94. The van der Waals surface area contributed by atoms with Crippen LogP contribution in [0, 0.1) is 0 Å². The van der Waals surface area contributed by atoms with Crippen molar-refractivity contribution in [2.75, 3.05) is 26.7 Å². The molecule has 1 aliphatic heterocycles. The molecule has 0 radical (unpaired) electrons. The first-order valence-corrected chi connectivity index (χ1v) is 7.75. The number of methoxy groups -OCH3 is 1. The quantitative estimate of drug-likeness (QED) is 0.817. The van der Waals surface area contributed by atoms with E-state index in [1.165, 1.54) is 37.1 Å². The number of aromatic nitrogens is 1. The zero-order valence-electron chi connectivity index (χ0n) is 13.4. The van der Waals surface area contributed by atoms with E-state index in [1.54, 1.807) is 13.3 Å². The van der Waals surface area contributed by atoms with E-state index in [0.29, 0.717) is 11.9 Å². The average Bonchev–Trinajstić information content (AvgIpc) is 2.52. The summed E-state index contributed by atoms with van der Waals surface area (Å²) in [6.07, 6.45) is 6.56. The number of hydrogen-bond donors (Lipinski definition) is 1. The standard InChI is InChI=1S/C17H27N3O/c1-14(2)5-9-20-10-6-16(7-11-20)19-13-15-4-8-18-17(12-15)21-3/h4-5,8,12,16,19H,6-7,9-11,13H2,1-3H3. The van der Waals surface area contributed by atoms with E-state index in [1.807, 2.05) is 12.1 Å². The summed E-state index contributed by atoms with van der Waals surface area (Å²) in [6, 6.07) is 4.66. The summed E-state index contributed by atoms with van der Waals surface area (Å²) in [5.74, 6) is 0.686. The fourth-order valence-electron chi connectivity index (χ4n) is 2.57. The highest BCUT2D eigenvalue weighted by Gasteiger charge is 2.17. The van der Waals surface area contributed by atoms with Crippen LogP contribution in [0.25, 0.3) is 0 Å². The van der Waals surface area contributed by atoms with Gasteiger partial charge in [0.15, 0.2) is 0 Å². The van der Waals surface area contributed by atoms with Crippen molar-refractivity contribution in [2.24, 2.45) is 0 Å². The lowest BCUT2D eigenvalue weighted by atomic mass is 10.0. The number of piperidine rings is 1. The van der Waals surface area contributed by atoms with Gasteiger partial charge in [0.2, 0.25) is 5.88 Å². The summed E-state index contributed by atoms with van der Waals surface area (Å²) in [5, 5.41) is 3.65. The minimum absolute atomic E-state index is 0.618. The summed E-state index contributed by atoms with van der Waals surface area (Å²) >= 11 is 0. The van der Waals surface area contributed by atoms with Crippen molar-refractivity contribution >= 4 is 0 Å². The molecule has 1 aromatic rings. The van der Waals surface area contributed by atoms with Gasteiger partial charge in [-0.2, -0.15) is 0 Å². The van der Waals surface area contributed by atoms with Crippen LogP contribution in [0.4, 0.5) is 0 Å². The number of ether oxygens (including phenoxy) is 1. The van der Waals surface area contributed by atoms with Gasteiger partial charge in [-0.1, -0.05) is 11.6 Å². The molecule has 4 nitrogen and oxygen atoms in total. The third-order valence-corrected chi connectivity index (χ3v) is 3.95. The highest BCUT2D eigenvalue weighted by atomic mass is 16.5. The fourth-order valence-corrected chi connectivity index (χ4v) is 2.57. The lowest BCUT2D eigenvalue weighted by Gasteiger charge is -2.31. The first-order valence-electron chi connectivity index (χ1n) is 7.75. The van der Waals surface area contributed by atoms with Crippen LogP contribution in [0.1, 0.15) is 32.3 Å². The molecule has 1 saturated heterocycles. The van der Waals surface area contributed by atoms with Gasteiger partial charge in [0.05, 0.1) is 7.11 Å². The molecule has 21 heavy (non-hydrogen) atoms. The molecule has 4 heteroatoms. The Morgan fingerprint density at radius 1 is 1.43 bits per heavy atom. The second kappa shape index (κ2) is 8.15. The minimum atomic E-state index is 0.618. The van der Waals surface area contributed by atoms with E-state index >= 15 is 0 Å². The molecule has 116 valence electrons. The van der Waals surface area contributed by atoms with Crippen molar-refractivity contribution in [3.8, 4) is 5.88 Å². The first-order chi connectivity index (χ1) is 10.2. The molecule has 0 amide bonds. The summed E-state index contributed by atoms with van der Waals surface area (Å²) in [7, 11) is 1.65. The molecule has 0 spiro atoms. The van der Waals surface area contributed by atoms with E-state index in [0.717, 1.165) is 13.1 Å². The van der Waals surface area contributed by atoms with Gasteiger partial charge >= 0.3 is 0 Å². The fraction of sp³-hybridized carbons (Fsp3) is 0.588. The maximum Gasteiger partial charge on any atom is 0.213 e. The van der Waals surface area contributed by atoms with Gasteiger partial charge in [-0.25, -0.2) is 4.98 Å². The van der Waals surface area contributed by atoms with E-state index < -0.39 is 0 Å². The molecular weight excluding hydrogens is 262 g/mol. The summed E-state index contributed by atoms with van der Waals surface area (Å²) in [4.78, 5) is 6.66. The Morgan fingerprint density at radius 3 is 2.86 bits per heavy atom. The van der Waals surface area contributed by atoms with Crippen molar-refractivity contribution in [1.29, 1.82) is 0 Å². The minimum Gasteiger partial charge on any atom is -0.481 e. The lowest BCUT2D eigenvalue weighted by Crippen LogP contribution is -2.42. The molecule has 0 unspecified atom stereocenters. The SMILES string of the molecule is COc1cc(CNC2CCN(CC=C(C)C)CC2)ccn1. The third kappa shape index (κ3) is 5.48. The maximum atomic E-state index is 5.16. The number of allylic oxidation sites excluding steroid dienone is 1. The largest absolute Gasteiger partial charge is 0.481 e. The summed E-state index contributed by atoms with van der Waals surface area (Å²) in [6.45, 7) is 8.67. The molecule has 2 rings (SSSR count).